The largest absolute Gasteiger partial charge is 0.480 e. The topological polar surface area (TPSA) is 132 Å². The number of nitrogens with zero attached hydrogens (tertiary/aromatic N) is 4. The molecule has 0 aromatic carbocycles. The molecule has 0 aliphatic carbocycles. The number of nitrogens with one attached hydrogen (secondary N) is 2. The summed E-state index contributed by atoms with van der Waals surface area (Å²) >= 11 is 0. The average molecular weight is 296 g/mol. The maximum absolute atomic E-state index is 12.3. The maximum atomic E-state index is 12.3. The minimum absolute atomic E-state index is 0.104. The van der Waals surface area contributed by atoms with Crippen LogP contribution in [-0.2, 0) is 16.1 Å². The van der Waals surface area contributed by atoms with Crippen LogP contribution in [0, 0.1) is 6.92 Å². The van der Waals surface area contributed by atoms with Crippen molar-refractivity contribution in [3.8, 4) is 0 Å². The summed E-state index contributed by atoms with van der Waals surface area (Å²) in [4.78, 5) is 41.2. The first kappa shape index (κ1) is 14.8. The number of aryl methyl sites for hydroxylation is 1. The van der Waals surface area contributed by atoms with Crippen molar-refractivity contribution in [3.63, 3.8) is 0 Å². The summed E-state index contributed by atoms with van der Waals surface area (Å²) in [5, 5.41) is 18.1. The van der Waals surface area contributed by atoms with E-state index in [2.05, 4.69) is 20.5 Å². The third-order valence-corrected chi connectivity index (χ3v) is 3.06. The zero-order chi connectivity index (χ0) is 15.6. The number of urea groups is 1. The van der Waals surface area contributed by atoms with Crippen LogP contribution in [0.3, 0.4) is 0 Å². The molecule has 114 valence electrons. The zero-order valence-electron chi connectivity index (χ0n) is 11.7. The lowest BCUT2D eigenvalue weighted by Crippen LogP contribution is -2.61. The highest BCUT2D eigenvalue weighted by molar-refractivity contribution is 5.90. The molecule has 10 heteroatoms. The van der Waals surface area contributed by atoms with E-state index >= 15 is 0 Å². The number of aromatic amines is 1. The summed E-state index contributed by atoms with van der Waals surface area (Å²) in [6.45, 7) is 1.46. The predicted octanol–water partition coefficient (Wildman–Crippen LogP) is -1.45. The Balaban J connectivity index is 2.08. The first-order valence-electron chi connectivity index (χ1n) is 6.27. The van der Waals surface area contributed by atoms with Crippen molar-refractivity contribution >= 4 is 17.9 Å². The number of aromatic nitrogens is 3. The number of hydrogen-bond donors (Lipinski definition) is 3. The molecule has 2 rings (SSSR count). The maximum Gasteiger partial charge on any atom is 0.328 e. The standard InChI is InChI=1S/C11H16N6O4/c1-6-13-8(15-14-6)4-16(2)11(21)17-5-9(18)12-3-7(17)10(19)20/h7H,3-5H2,1-2H3,(H,12,18)(H,19,20)(H,13,14,15). The minimum Gasteiger partial charge on any atom is -0.480 e. The molecule has 1 aromatic rings. The van der Waals surface area contributed by atoms with Crippen LogP contribution in [0.4, 0.5) is 4.79 Å². The summed E-state index contributed by atoms with van der Waals surface area (Å²) in [6.07, 6.45) is 0. The lowest BCUT2D eigenvalue weighted by atomic mass is 10.2. The van der Waals surface area contributed by atoms with Gasteiger partial charge in [0.05, 0.1) is 6.54 Å². The molecule has 1 saturated heterocycles. The smallest absolute Gasteiger partial charge is 0.328 e. The van der Waals surface area contributed by atoms with Crippen molar-refractivity contribution in [2.45, 2.75) is 19.5 Å². The van der Waals surface area contributed by atoms with Gasteiger partial charge in [0.25, 0.3) is 0 Å². The van der Waals surface area contributed by atoms with Crippen LogP contribution in [0.15, 0.2) is 0 Å². The normalized spacial score (nSPS) is 18.3. The van der Waals surface area contributed by atoms with Crippen molar-refractivity contribution in [3.05, 3.63) is 11.6 Å². The van der Waals surface area contributed by atoms with E-state index in [4.69, 9.17) is 5.11 Å². The molecule has 21 heavy (non-hydrogen) atoms. The average Bonchev–Trinajstić information content (AvgIpc) is 2.82. The van der Waals surface area contributed by atoms with Crippen LogP contribution in [0.2, 0.25) is 0 Å². The molecule has 3 amide bonds. The number of carboxylic acid groups (broad SMARTS) is 1. The molecule has 1 aliphatic rings. The summed E-state index contributed by atoms with van der Waals surface area (Å²) in [7, 11) is 1.50. The third-order valence-electron chi connectivity index (χ3n) is 3.06. The predicted molar refractivity (Wildman–Crippen MR) is 69.1 cm³/mol. The van der Waals surface area contributed by atoms with Gasteiger partial charge in [-0.2, -0.15) is 5.10 Å². The van der Waals surface area contributed by atoms with E-state index < -0.39 is 18.0 Å². The number of carbonyl (C=O) groups is 3. The summed E-state index contributed by atoms with van der Waals surface area (Å²) in [5.41, 5.74) is 0. The van der Waals surface area contributed by atoms with Crippen molar-refractivity contribution < 1.29 is 19.5 Å². The van der Waals surface area contributed by atoms with E-state index in [1.807, 2.05) is 0 Å². The Labute approximate surface area is 120 Å². The number of piperazine rings is 1. The molecule has 1 fully saturated rings. The molecule has 10 nitrogen and oxygen atoms in total. The van der Waals surface area contributed by atoms with Gasteiger partial charge < -0.3 is 15.3 Å². The molecule has 0 spiro atoms. The number of carboxylic acids is 1. The van der Waals surface area contributed by atoms with E-state index in [9.17, 15) is 14.4 Å². The van der Waals surface area contributed by atoms with Gasteiger partial charge in [-0.15, -0.1) is 0 Å². The Kier molecular flexibility index (Phi) is 4.05. The molecule has 1 aliphatic heterocycles. The number of carbonyl (C=O) groups excluding carboxylic acids is 2. The van der Waals surface area contributed by atoms with Crippen molar-refractivity contribution in [2.75, 3.05) is 20.1 Å². The van der Waals surface area contributed by atoms with E-state index in [-0.39, 0.29) is 25.5 Å². The second kappa shape index (κ2) is 5.77. The van der Waals surface area contributed by atoms with Gasteiger partial charge in [0.1, 0.15) is 18.4 Å². The van der Waals surface area contributed by atoms with Crippen LogP contribution < -0.4 is 5.32 Å². The molecular formula is C11H16N6O4. The lowest BCUT2D eigenvalue weighted by Gasteiger charge is -2.35. The fraction of sp³-hybridized carbons (Fsp3) is 0.545. The van der Waals surface area contributed by atoms with Gasteiger partial charge in [-0.05, 0) is 6.92 Å². The van der Waals surface area contributed by atoms with Crippen LogP contribution in [0.25, 0.3) is 0 Å². The van der Waals surface area contributed by atoms with E-state index in [1.165, 1.54) is 11.9 Å². The summed E-state index contributed by atoms with van der Waals surface area (Å²) < 4.78 is 0. The molecule has 0 bridgehead atoms. The van der Waals surface area contributed by atoms with Gasteiger partial charge >= 0.3 is 12.0 Å². The molecular weight excluding hydrogens is 280 g/mol. The molecule has 1 atom stereocenters. The lowest BCUT2D eigenvalue weighted by molar-refractivity contribution is -0.144. The van der Waals surface area contributed by atoms with Gasteiger partial charge in [-0.1, -0.05) is 0 Å². The molecule has 1 unspecified atom stereocenters. The molecule has 2 heterocycles. The highest BCUT2D eigenvalue weighted by Crippen LogP contribution is 2.09. The summed E-state index contributed by atoms with van der Waals surface area (Å²) in [5.74, 6) is -0.517. The van der Waals surface area contributed by atoms with Crippen molar-refractivity contribution in [2.24, 2.45) is 0 Å². The highest BCUT2D eigenvalue weighted by Gasteiger charge is 2.36. The first-order valence-corrected chi connectivity index (χ1v) is 6.27. The highest BCUT2D eigenvalue weighted by atomic mass is 16.4. The monoisotopic (exact) mass is 296 g/mol. The Hall–Kier alpha value is -2.65. The van der Waals surface area contributed by atoms with Crippen LogP contribution in [-0.4, -0.2) is 74.2 Å². The number of H-pyrrole nitrogens is 1. The van der Waals surface area contributed by atoms with E-state index in [0.717, 1.165) is 4.90 Å². The molecule has 1 aromatic heterocycles. The fourth-order valence-electron chi connectivity index (χ4n) is 2.02. The Morgan fingerprint density at radius 3 is 2.81 bits per heavy atom. The Morgan fingerprint density at radius 2 is 2.24 bits per heavy atom. The van der Waals surface area contributed by atoms with Crippen LogP contribution >= 0.6 is 0 Å². The van der Waals surface area contributed by atoms with Crippen LogP contribution in [0.5, 0.6) is 0 Å². The summed E-state index contributed by atoms with van der Waals surface area (Å²) in [6, 6.07) is -1.63. The molecule has 3 N–H and O–H groups in total. The second-order valence-corrected chi connectivity index (χ2v) is 4.76. The third kappa shape index (κ3) is 3.27. The quantitative estimate of drug-likeness (QED) is 0.625. The van der Waals surface area contributed by atoms with E-state index in [1.54, 1.807) is 6.92 Å². The zero-order valence-corrected chi connectivity index (χ0v) is 11.7. The minimum atomic E-state index is -1.16. The number of hydrogen-bond acceptors (Lipinski definition) is 5. The number of rotatable bonds is 3. The van der Waals surface area contributed by atoms with Gasteiger partial charge in [0.2, 0.25) is 5.91 Å². The Morgan fingerprint density at radius 1 is 1.52 bits per heavy atom. The van der Waals surface area contributed by atoms with Crippen LogP contribution in [0.1, 0.15) is 11.6 Å². The fourth-order valence-corrected chi connectivity index (χ4v) is 2.02. The van der Waals surface area contributed by atoms with Gasteiger partial charge in [-0.25, -0.2) is 14.6 Å². The van der Waals surface area contributed by atoms with Gasteiger partial charge in [0, 0.05) is 13.6 Å². The first-order chi connectivity index (χ1) is 9.88. The van der Waals surface area contributed by atoms with E-state index in [0.29, 0.717) is 11.6 Å². The SMILES string of the molecule is Cc1nc(CN(C)C(=O)N2CC(=O)NCC2C(=O)O)n[nH]1. The van der Waals surface area contributed by atoms with Crippen molar-refractivity contribution in [1.29, 1.82) is 0 Å². The Bertz CT molecular complexity index is 571. The van der Waals surface area contributed by atoms with Crippen molar-refractivity contribution in [1.82, 2.24) is 30.3 Å². The van der Waals surface area contributed by atoms with Gasteiger partial charge in [0.15, 0.2) is 5.82 Å². The van der Waals surface area contributed by atoms with Gasteiger partial charge in [-0.3, -0.25) is 14.8 Å². The molecule has 0 saturated carbocycles. The number of amides is 3. The number of aliphatic carboxylic acids is 1. The second-order valence-electron chi connectivity index (χ2n) is 4.76. The molecule has 0 radical (unpaired) electrons.